The molecule has 0 aromatic carbocycles. The van der Waals surface area contributed by atoms with Crippen molar-refractivity contribution in [2.75, 3.05) is 20.6 Å². The van der Waals surface area contributed by atoms with Crippen LogP contribution in [0.1, 0.15) is 47.0 Å². The van der Waals surface area contributed by atoms with Gasteiger partial charge in [-0.15, -0.1) is 0 Å². The lowest BCUT2D eigenvalue weighted by atomic mass is 10.1. The van der Waals surface area contributed by atoms with Crippen molar-refractivity contribution in [3.63, 3.8) is 0 Å². The predicted molar refractivity (Wildman–Crippen MR) is 62.7 cm³/mol. The highest BCUT2D eigenvalue weighted by molar-refractivity contribution is 4.70. The second-order valence-corrected chi connectivity index (χ2v) is 4.85. The molecule has 0 bridgehead atoms. The Balaban J connectivity index is 3.90. The summed E-state index contributed by atoms with van der Waals surface area (Å²) in [5, 5.41) is 0. The molecule has 14 heavy (non-hydrogen) atoms. The fourth-order valence-electron chi connectivity index (χ4n) is 1.28. The smallest absolute Gasteiger partial charge is 0.0627 e. The highest BCUT2D eigenvalue weighted by Gasteiger charge is 2.20. The van der Waals surface area contributed by atoms with E-state index in [0.717, 1.165) is 25.8 Å². The van der Waals surface area contributed by atoms with Crippen molar-refractivity contribution in [3.05, 3.63) is 0 Å². The van der Waals surface area contributed by atoms with E-state index >= 15 is 0 Å². The van der Waals surface area contributed by atoms with Gasteiger partial charge in [0.1, 0.15) is 0 Å². The van der Waals surface area contributed by atoms with E-state index < -0.39 is 0 Å². The molecule has 0 heterocycles. The van der Waals surface area contributed by atoms with Gasteiger partial charge in [0.2, 0.25) is 0 Å². The molecule has 0 fully saturated rings. The van der Waals surface area contributed by atoms with Crippen LogP contribution in [0.3, 0.4) is 0 Å². The van der Waals surface area contributed by atoms with Crippen molar-refractivity contribution in [3.8, 4) is 0 Å². The zero-order chi connectivity index (χ0) is 11.2. The average molecular weight is 201 g/mol. The van der Waals surface area contributed by atoms with Crippen molar-refractivity contribution in [1.29, 1.82) is 0 Å². The lowest BCUT2D eigenvalue weighted by Crippen LogP contribution is -2.31. The van der Waals surface area contributed by atoms with Gasteiger partial charge >= 0.3 is 0 Å². The van der Waals surface area contributed by atoms with Crippen molar-refractivity contribution in [1.82, 2.24) is 4.90 Å². The molecule has 0 spiro atoms. The Hall–Kier alpha value is -0.0800. The molecule has 0 rings (SSSR count). The van der Waals surface area contributed by atoms with Crippen molar-refractivity contribution < 1.29 is 4.74 Å². The van der Waals surface area contributed by atoms with Gasteiger partial charge in [0, 0.05) is 0 Å². The van der Waals surface area contributed by atoms with Crippen molar-refractivity contribution in [2.45, 2.75) is 58.7 Å². The van der Waals surface area contributed by atoms with Gasteiger partial charge in [0.05, 0.1) is 11.7 Å². The molecule has 86 valence electrons. The minimum atomic E-state index is 0.0347. The lowest BCUT2D eigenvalue weighted by Gasteiger charge is -2.30. The number of rotatable bonds is 7. The number of nitrogens with zero attached hydrogens (tertiary/aromatic N) is 1. The third-order valence-electron chi connectivity index (χ3n) is 2.69. The summed E-state index contributed by atoms with van der Waals surface area (Å²) in [6.07, 6.45) is 3.72. The molecule has 0 aliphatic heterocycles. The summed E-state index contributed by atoms with van der Waals surface area (Å²) in [5.74, 6) is 0. The standard InChI is InChI=1S/C12H27NO/c1-7-11(9-10-13(5)6)14-12(3,4)8-2/h11H,7-10H2,1-6H3. The maximum absolute atomic E-state index is 6.06. The molecule has 1 unspecified atom stereocenters. The highest BCUT2D eigenvalue weighted by atomic mass is 16.5. The minimum Gasteiger partial charge on any atom is -0.372 e. The fraction of sp³-hybridized carbons (Fsp3) is 1.00. The zero-order valence-electron chi connectivity index (χ0n) is 10.8. The molecule has 0 amide bonds. The Morgan fingerprint density at radius 1 is 1.21 bits per heavy atom. The average Bonchev–Trinajstić information content (AvgIpc) is 2.12. The van der Waals surface area contributed by atoms with E-state index in [1.807, 2.05) is 0 Å². The van der Waals surface area contributed by atoms with E-state index in [4.69, 9.17) is 4.74 Å². The molecule has 0 aromatic heterocycles. The van der Waals surface area contributed by atoms with Crippen LogP contribution in [0.4, 0.5) is 0 Å². The minimum absolute atomic E-state index is 0.0347. The normalized spacial score (nSPS) is 14.8. The Labute approximate surface area is 89.6 Å². The van der Waals surface area contributed by atoms with Crippen LogP contribution >= 0.6 is 0 Å². The lowest BCUT2D eigenvalue weighted by molar-refractivity contribution is -0.0789. The maximum Gasteiger partial charge on any atom is 0.0627 e. The second kappa shape index (κ2) is 6.41. The first-order chi connectivity index (χ1) is 6.41. The number of hydrogen-bond acceptors (Lipinski definition) is 2. The van der Waals surface area contributed by atoms with E-state index in [-0.39, 0.29) is 5.60 Å². The summed E-state index contributed by atoms with van der Waals surface area (Å²) >= 11 is 0. The Kier molecular flexibility index (Phi) is 6.38. The van der Waals surface area contributed by atoms with Gasteiger partial charge in [-0.05, 0) is 53.8 Å². The molecule has 2 heteroatoms. The van der Waals surface area contributed by atoms with Crippen LogP contribution in [0.15, 0.2) is 0 Å². The summed E-state index contributed by atoms with van der Waals surface area (Å²) in [7, 11) is 4.22. The maximum atomic E-state index is 6.06. The quantitative estimate of drug-likeness (QED) is 0.628. The van der Waals surface area contributed by atoms with E-state index in [0.29, 0.717) is 6.10 Å². The third kappa shape index (κ3) is 6.39. The number of ether oxygens (including phenoxy) is 1. The summed E-state index contributed by atoms with van der Waals surface area (Å²) in [4.78, 5) is 2.21. The van der Waals surface area contributed by atoms with Gasteiger partial charge in [-0.2, -0.15) is 0 Å². The molecule has 0 aromatic rings. The molecule has 1 atom stereocenters. The van der Waals surface area contributed by atoms with E-state index in [1.54, 1.807) is 0 Å². The van der Waals surface area contributed by atoms with Crippen LogP contribution in [0.5, 0.6) is 0 Å². The SMILES string of the molecule is CCC(CCN(C)C)OC(C)(C)CC. The fourth-order valence-corrected chi connectivity index (χ4v) is 1.28. The Bertz CT molecular complexity index is 143. The Morgan fingerprint density at radius 3 is 2.14 bits per heavy atom. The molecular weight excluding hydrogens is 174 g/mol. The van der Waals surface area contributed by atoms with Crippen molar-refractivity contribution in [2.24, 2.45) is 0 Å². The van der Waals surface area contributed by atoms with Gasteiger partial charge < -0.3 is 9.64 Å². The van der Waals surface area contributed by atoms with Crippen LogP contribution in [0, 0.1) is 0 Å². The Morgan fingerprint density at radius 2 is 1.79 bits per heavy atom. The summed E-state index contributed by atoms with van der Waals surface area (Å²) in [6.45, 7) is 9.83. The monoisotopic (exact) mass is 201 g/mol. The highest BCUT2D eigenvalue weighted by Crippen LogP contribution is 2.19. The van der Waals surface area contributed by atoms with Crippen LogP contribution < -0.4 is 0 Å². The first-order valence-electron chi connectivity index (χ1n) is 5.73. The first-order valence-corrected chi connectivity index (χ1v) is 5.73. The molecular formula is C12H27NO. The van der Waals surface area contributed by atoms with Crippen LogP contribution in [0.2, 0.25) is 0 Å². The van der Waals surface area contributed by atoms with E-state index in [1.165, 1.54) is 0 Å². The van der Waals surface area contributed by atoms with Gasteiger partial charge in [0.15, 0.2) is 0 Å². The third-order valence-corrected chi connectivity index (χ3v) is 2.69. The predicted octanol–water partition coefficient (Wildman–Crippen LogP) is 2.92. The largest absolute Gasteiger partial charge is 0.372 e. The second-order valence-electron chi connectivity index (χ2n) is 4.85. The molecule has 0 aliphatic rings. The molecule has 0 N–H and O–H groups in total. The van der Waals surface area contributed by atoms with Gasteiger partial charge in [-0.1, -0.05) is 13.8 Å². The zero-order valence-corrected chi connectivity index (χ0v) is 10.8. The van der Waals surface area contributed by atoms with Crippen LogP contribution in [-0.2, 0) is 4.74 Å². The van der Waals surface area contributed by atoms with Gasteiger partial charge in [-0.3, -0.25) is 0 Å². The van der Waals surface area contributed by atoms with E-state index in [2.05, 4.69) is 46.7 Å². The first kappa shape index (κ1) is 13.9. The van der Waals surface area contributed by atoms with Gasteiger partial charge in [-0.25, -0.2) is 0 Å². The molecule has 2 nitrogen and oxygen atoms in total. The van der Waals surface area contributed by atoms with E-state index in [9.17, 15) is 0 Å². The molecule has 0 saturated heterocycles. The summed E-state index contributed by atoms with van der Waals surface area (Å²) in [5.41, 5.74) is 0.0347. The van der Waals surface area contributed by atoms with Crippen molar-refractivity contribution >= 4 is 0 Å². The summed E-state index contributed by atoms with van der Waals surface area (Å²) in [6, 6.07) is 0. The van der Waals surface area contributed by atoms with Crippen LogP contribution in [0.25, 0.3) is 0 Å². The number of hydrogen-bond donors (Lipinski definition) is 0. The molecule has 0 radical (unpaired) electrons. The van der Waals surface area contributed by atoms with Crippen LogP contribution in [-0.4, -0.2) is 37.2 Å². The molecule has 0 saturated carbocycles. The topological polar surface area (TPSA) is 12.5 Å². The molecule has 0 aliphatic carbocycles. The van der Waals surface area contributed by atoms with Gasteiger partial charge in [0.25, 0.3) is 0 Å². The summed E-state index contributed by atoms with van der Waals surface area (Å²) < 4.78 is 6.06.